The summed E-state index contributed by atoms with van der Waals surface area (Å²) >= 11 is 0. The van der Waals surface area contributed by atoms with Crippen LogP contribution in [0.15, 0.2) is 36.8 Å². The smallest absolute Gasteiger partial charge is 0.255 e. The van der Waals surface area contributed by atoms with Gasteiger partial charge in [-0.15, -0.1) is 5.10 Å². The molecule has 1 amide bonds. The summed E-state index contributed by atoms with van der Waals surface area (Å²) in [5.41, 5.74) is 4.20. The third-order valence-corrected chi connectivity index (χ3v) is 7.86. The monoisotopic (exact) mass is 491 g/mol. The molecule has 5 heterocycles. The number of likely N-dealkylation sites (tertiary alicyclic amines) is 2. The molecule has 3 aromatic rings. The summed E-state index contributed by atoms with van der Waals surface area (Å²) in [7, 11) is 0. The minimum atomic E-state index is -0.878. The Balaban J connectivity index is 1.07. The maximum Gasteiger partial charge on any atom is 0.255 e. The van der Waals surface area contributed by atoms with E-state index in [0.717, 1.165) is 48.3 Å². The second kappa shape index (κ2) is 9.32. The Morgan fingerprint density at radius 1 is 1.19 bits per heavy atom. The number of pyridine rings is 1. The molecule has 0 radical (unpaired) electrons. The van der Waals surface area contributed by atoms with Crippen molar-refractivity contribution >= 4 is 5.91 Å². The normalized spacial score (nSPS) is 24.5. The van der Waals surface area contributed by atoms with Gasteiger partial charge in [-0.25, -0.2) is 4.98 Å². The fourth-order valence-electron chi connectivity index (χ4n) is 5.87. The van der Waals surface area contributed by atoms with Crippen molar-refractivity contribution in [2.45, 2.75) is 32.3 Å². The number of carbonyl (C=O) groups is 1. The first-order chi connectivity index (χ1) is 17.5. The highest BCUT2D eigenvalue weighted by Crippen LogP contribution is 2.36. The lowest BCUT2D eigenvalue weighted by atomic mass is 9.88. The van der Waals surface area contributed by atoms with E-state index in [9.17, 15) is 15.0 Å². The standard InChI is InChI=1S/C25H29N7O4/c1-15-19(3-4-20-21(15)13-36-25(20)35)22(33)12-30-9-17-6-7-31(11-18(17)10-30)24(34)16-2-5-23(26-8-16)32-14-27-28-29-32/h2-5,8,14,17-18,22,25,33,35H,6-7,9-13H2,1H3/t17?,18?,22-,25?/m0/s1. The number of piperidine rings is 1. The van der Waals surface area contributed by atoms with Crippen LogP contribution in [0.5, 0.6) is 0 Å². The number of hydrogen-bond donors (Lipinski definition) is 2. The minimum Gasteiger partial charge on any atom is -0.387 e. The number of aliphatic hydroxyl groups is 2. The molecule has 2 N–H and O–H groups in total. The van der Waals surface area contributed by atoms with Crippen molar-refractivity contribution < 1.29 is 19.7 Å². The van der Waals surface area contributed by atoms with Gasteiger partial charge in [-0.2, -0.15) is 4.68 Å². The van der Waals surface area contributed by atoms with Crippen LogP contribution in [0.2, 0.25) is 0 Å². The molecular weight excluding hydrogens is 462 g/mol. The van der Waals surface area contributed by atoms with E-state index < -0.39 is 12.4 Å². The number of ether oxygens (including phenoxy) is 1. The van der Waals surface area contributed by atoms with E-state index in [1.54, 1.807) is 18.3 Å². The minimum absolute atomic E-state index is 0.0131. The van der Waals surface area contributed by atoms with Crippen molar-refractivity contribution in [1.29, 1.82) is 0 Å². The van der Waals surface area contributed by atoms with E-state index >= 15 is 0 Å². The number of benzene rings is 1. The lowest BCUT2D eigenvalue weighted by Crippen LogP contribution is -2.43. The molecule has 2 saturated heterocycles. The van der Waals surface area contributed by atoms with Crippen molar-refractivity contribution in [2.24, 2.45) is 11.8 Å². The number of amides is 1. The molecule has 3 aliphatic heterocycles. The van der Waals surface area contributed by atoms with Gasteiger partial charge in [-0.3, -0.25) is 9.69 Å². The van der Waals surface area contributed by atoms with E-state index in [0.29, 0.717) is 42.9 Å². The maximum absolute atomic E-state index is 13.1. The van der Waals surface area contributed by atoms with E-state index in [1.807, 2.05) is 24.0 Å². The van der Waals surface area contributed by atoms with Crippen molar-refractivity contribution in [1.82, 2.24) is 35.0 Å². The molecule has 0 bridgehead atoms. The van der Waals surface area contributed by atoms with Crippen molar-refractivity contribution in [3.05, 3.63) is 64.6 Å². The molecule has 11 nitrogen and oxygen atoms in total. The highest BCUT2D eigenvalue weighted by atomic mass is 16.6. The van der Waals surface area contributed by atoms with Crippen molar-refractivity contribution in [3.8, 4) is 5.82 Å². The van der Waals surface area contributed by atoms with Crippen LogP contribution in [0.4, 0.5) is 0 Å². The summed E-state index contributed by atoms with van der Waals surface area (Å²) < 4.78 is 6.79. The van der Waals surface area contributed by atoms with E-state index in [2.05, 4.69) is 25.4 Å². The van der Waals surface area contributed by atoms with Gasteiger partial charge in [0.2, 0.25) is 0 Å². The van der Waals surface area contributed by atoms with Crippen LogP contribution in [0.3, 0.4) is 0 Å². The molecule has 11 heteroatoms. The Kier molecular flexibility index (Phi) is 6.00. The lowest BCUT2D eigenvalue weighted by molar-refractivity contribution is -0.0918. The highest BCUT2D eigenvalue weighted by Gasteiger charge is 2.39. The van der Waals surface area contributed by atoms with Crippen LogP contribution < -0.4 is 0 Å². The van der Waals surface area contributed by atoms with Gasteiger partial charge in [0.05, 0.1) is 18.3 Å². The Labute approximate surface area is 208 Å². The zero-order valence-corrected chi connectivity index (χ0v) is 20.1. The zero-order chi connectivity index (χ0) is 24.8. The number of β-amino-alcohol motifs (C(OH)–C–C–N with tert-alkyl or cyclic N) is 1. The first-order valence-corrected chi connectivity index (χ1v) is 12.3. The number of rotatable bonds is 5. The summed E-state index contributed by atoms with van der Waals surface area (Å²) in [6, 6.07) is 7.26. The molecule has 6 rings (SSSR count). The number of tetrazole rings is 1. The summed E-state index contributed by atoms with van der Waals surface area (Å²) in [5, 5.41) is 32.0. The predicted molar refractivity (Wildman–Crippen MR) is 127 cm³/mol. The molecule has 1 aromatic carbocycles. The third kappa shape index (κ3) is 4.17. The number of fused-ring (bicyclic) bond motifs is 2. The average molecular weight is 492 g/mol. The van der Waals surface area contributed by atoms with Gasteiger partial charge < -0.3 is 19.8 Å². The second-order valence-corrected chi connectivity index (χ2v) is 9.96. The maximum atomic E-state index is 13.1. The fourth-order valence-corrected chi connectivity index (χ4v) is 5.87. The van der Waals surface area contributed by atoms with Gasteiger partial charge in [0.1, 0.15) is 6.33 Å². The van der Waals surface area contributed by atoms with Gasteiger partial charge in [-0.1, -0.05) is 12.1 Å². The SMILES string of the molecule is Cc1c([C@@H](O)CN2CC3CCN(C(=O)c4ccc(-n5cnnn5)nc4)CC3C2)ccc2c1COC2O. The van der Waals surface area contributed by atoms with E-state index in [1.165, 1.54) is 11.0 Å². The molecule has 4 atom stereocenters. The van der Waals surface area contributed by atoms with Crippen LogP contribution in [0.1, 0.15) is 51.4 Å². The van der Waals surface area contributed by atoms with Crippen molar-refractivity contribution in [3.63, 3.8) is 0 Å². The highest BCUT2D eigenvalue weighted by molar-refractivity contribution is 5.94. The van der Waals surface area contributed by atoms with Gasteiger partial charge in [0.15, 0.2) is 12.1 Å². The Morgan fingerprint density at radius 2 is 2.06 bits per heavy atom. The zero-order valence-electron chi connectivity index (χ0n) is 20.1. The van der Waals surface area contributed by atoms with Crippen LogP contribution in [0.25, 0.3) is 5.82 Å². The first-order valence-electron chi connectivity index (χ1n) is 12.3. The largest absolute Gasteiger partial charge is 0.387 e. The molecule has 3 unspecified atom stereocenters. The number of aromatic nitrogens is 5. The summed E-state index contributed by atoms with van der Waals surface area (Å²) in [4.78, 5) is 21.7. The van der Waals surface area contributed by atoms with Gasteiger partial charge in [0.25, 0.3) is 5.91 Å². The molecule has 0 spiro atoms. The summed E-state index contributed by atoms with van der Waals surface area (Å²) in [6.45, 7) is 6.11. The van der Waals surface area contributed by atoms with Crippen LogP contribution >= 0.6 is 0 Å². The summed E-state index contributed by atoms with van der Waals surface area (Å²) in [6.07, 6.45) is 2.49. The van der Waals surface area contributed by atoms with Gasteiger partial charge in [0, 0.05) is 44.5 Å². The second-order valence-electron chi connectivity index (χ2n) is 9.96. The van der Waals surface area contributed by atoms with E-state index in [-0.39, 0.29) is 5.91 Å². The van der Waals surface area contributed by atoms with E-state index in [4.69, 9.17) is 4.74 Å². The molecule has 0 aliphatic carbocycles. The van der Waals surface area contributed by atoms with Crippen LogP contribution in [0, 0.1) is 18.8 Å². The molecule has 0 saturated carbocycles. The van der Waals surface area contributed by atoms with Gasteiger partial charge in [-0.05, 0) is 64.4 Å². The molecule has 2 fully saturated rings. The molecule has 3 aliphatic rings. The average Bonchev–Trinajstić information content (AvgIpc) is 3.64. The quantitative estimate of drug-likeness (QED) is 0.537. The molecule has 2 aromatic heterocycles. The predicted octanol–water partition coefficient (Wildman–Crippen LogP) is 1.01. The van der Waals surface area contributed by atoms with Crippen LogP contribution in [-0.4, -0.2) is 83.8 Å². The molecular formula is C25H29N7O4. The van der Waals surface area contributed by atoms with Crippen molar-refractivity contribution in [2.75, 3.05) is 32.7 Å². The number of aliphatic hydroxyl groups excluding tert-OH is 2. The topological polar surface area (TPSA) is 130 Å². The number of hydrogen-bond acceptors (Lipinski definition) is 9. The number of nitrogens with zero attached hydrogens (tertiary/aromatic N) is 7. The summed E-state index contributed by atoms with van der Waals surface area (Å²) in [5.74, 6) is 1.45. The third-order valence-electron chi connectivity index (χ3n) is 7.86. The first kappa shape index (κ1) is 23.2. The van der Waals surface area contributed by atoms with Gasteiger partial charge >= 0.3 is 0 Å². The Morgan fingerprint density at radius 3 is 2.83 bits per heavy atom. The van der Waals surface area contributed by atoms with Crippen LogP contribution in [-0.2, 0) is 11.3 Å². The Bertz CT molecular complexity index is 1250. The molecule has 188 valence electrons. The number of carbonyl (C=O) groups excluding carboxylic acids is 1. The Hall–Kier alpha value is -3.25. The fraction of sp³-hybridized carbons (Fsp3) is 0.480. The molecule has 36 heavy (non-hydrogen) atoms. The lowest BCUT2D eigenvalue weighted by Gasteiger charge is -2.34.